The van der Waals surface area contributed by atoms with Crippen LogP contribution >= 0.6 is 0 Å². The molecular weight excluding hydrogens is 414 g/mol. The van der Waals surface area contributed by atoms with Crippen molar-refractivity contribution in [1.82, 2.24) is 15.4 Å². The maximum atomic E-state index is 13.3. The predicted molar refractivity (Wildman–Crippen MR) is 102 cm³/mol. The maximum absolute atomic E-state index is 13.3. The van der Waals surface area contributed by atoms with Gasteiger partial charge in [0.1, 0.15) is 12.4 Å². The van der Waals surface area contributed by atoms with Crippen LogP contribution in [0.25, 0.3) is 0 Å². The molecule has 0 spiro atoms. The number of hydrogen-bond donors (Lipinski definition) is 2. The number of hydroxylamine groups is 1. The molecule has 11 heteroatoms. The molecule has 3 rings (SSSR count). The highest BCUT2D eigenvalue weighted by Gasteiger charge is 2.57. The topological polar surface area (TPSA) is 143 Å². The third-order valence-electron chi connectivity index (χ3n) is 4.94. The van der Waals surface area contributed by atoms with Gasteiger partial charge in [-0.3, -0.25) is 29.5 Å². The molecule has 1 aromatic carbocycles. The molecule has 2 heterocycles. The summed E-state index contributed by atoms with van der Waals surface area (Å²) in [5, 5.41) is 9.10. The van der Waals surface area contributed by atoms with Crippen molar-refractivity contribution < 1.29 is 32.7 Å². The highest BCUT2D eigenvalue weighted by molar-refractivity contribution is 7.93. The van der Waals surface area contributed by atoms with Crippen molar-refractivity contribution in [2.45, 2.75) is 29.1 Å². The van der Waals surface area contributed by atoms with Crippen molar-refractivity contribution in [2.75, 3.05) is 7.05 Å². The first kappa shape index (κ1) is 21.4. The van der Waals surface area contributed by atoms with Gasteiger partial charge in [0.05, 0.1) is 17.7 Å². The van der Waals surface area contributed by atoms with Gasteiger partial charge in [0.2, 0.25) is 11.8 Å². The van der Waals surface area contributed by atoms with Crippen LogP contribution in [0.3, 0.4) is 0 Å². The summed E-state index contributed by atoms with van der Waals surface area (Å²) in [6, 6.07) is 8.77. The van der Waals surface area contributed by atoms with Crippen LogP contribution in [0.5, 0.6) is 5.75 Å². The van der Waals surface area contributed by atoms with Gasteiger partial charge in [0.25, 0.3) is 5.91 Å². The van der Waals surface area contributed by atoms with E-state index in [1.807, 2.05) is 0 Å². The number of piperidine rings is 1. The monoisotopic (exact) mass is 433 g/mol. The highest BCUT2D eigenvalue weighted by atomic mass is 32.2. The van der Waals surface area contributed by atoms with E-state index >= 15 is 0 Å². The lowest BCUT2D eigenvalue weighted by Gasteiger charge is -2.36. The molecule has 0 unspecified atom stereocenters. The quantitative estimate of drug-likeness (QED) is 0.380. The molecule has 1 aromatic heterocycles. The number of imide groups is 1. The van der Waals surface area contributed by atoms with Crippen molar-refractivity contribution in [1.29, 1.82) is 0 Å². The summed E-state index contributed by atoms with van der Waals surface area (Å²) < 4.78 is 29.7. The van der Waals surface area contributed by atoms with E-state index in [2.05, 4.69) is 4.98 Å². The van der Waals surface area contributed by atoms with E-state index in [1.54, 1.807) is 24.5 Å². The van der Waals surface area contributed by atoms with E-state index in [1.165, 1.54) is 36.8 Å². The number of sulfone groups is 1. The van der Waals surface area contributed by atoms with E-state index in [-0.39, 0.29) is 11.5 Å². The van der Waals surface area contributed by atoms with Crippen LogP contribution in [-0.4, -0.2) is 53.0 Å². The second kappa shape index (κ2) is 8.20. The van der Waals surface area contributed by atoms with Crippen LogP contribution in [0.15, 0.2) is 53.7 Å². The van der Waals surface area contributed by atoms with Gasteiger partial charge in [0, 0.05) is 19.4 Å². The lowest BCUT2D eigenvalue weighted by atomic mass is 9.94. The van der Waals surface area contributed by atoms with Gasteiger partial charge in [-0.2, -0.15) is 0 Å². The van der Waals surface area contributed by atoms with Gasteiger partial charge in [-0.15, -0.1) is 0 Å². The number of benzene rings is 1. The molecule has 1 saturated heterocycles. The molecule has 2 aromatic rings. The minimum absolute atomic E-state index is 0.237. The maximum Gasteiger partial charge on any atom is 0.266 e. The van der Waals surface area contributed by atoms with E-state index in [0.29, 0.717) is 5.75 Å². The molecule has 1 aliphatic rings. The van der Waals surface area contributed by atoms with E-state index < -0.39 is 45.1 Å². The SMILES string of the molecule is CN1C(=O)CC(C(=O)NO)(S(=O)(=O)c2ccc(OCc3ccncc3)cc2)CC1=O. The van der Waals surface area contributed by atoms with Crippen LogP contribution in [0, 0.1) is 0 Å². The number of aromatic nitrogens is 1. The Morgan fingerprint density at radius 3 is 2.23 bits per heavy atom. The zero-order valence-electron chi connectivity index (χ0n) is 15.9. The average Bonchev–Trinajstić information content (AvgIpc) is 2.76. The molecule has 1 fully saturated rings. The first-order chi connectivity index (χ1) is 14.2. The smallest absolute Gasteiger partial charge is 0.266 e. The van der Waals surface area contributed by atoms with E-state index in [0.717, 1.165) is 10.5 Å². The fourth-order valence-electron chi connectivity index (χ4n) is 3.09. The van der Waals surface area contributed by atoms with Gasteiger partial charge < -0.3 is 4.74 Å². The van der Waals surface area contributed by atoms with Crippen LogP contribution in [0.2, 0.25) is 0 Å². The number of amides is 3. The van der Waals surface area contributed by atoms with Gasteiger partial charge >= 0.3 is 0 Å². The summed E-state index contributed by atoms with van der Waals surface area (Å²) in [6.07, 6.45) is 1.68. The van der Waals surface area contributed by atoms with Gasteiger partial charge in [-0.1, -0.05) is 0 Å². The number of hydrogen-bond acceptors (Lipinski definition) is 8. The number of pyridine rings is 1. The third kappa shape index (κ3) is 3.76. The summed E-state index contributed by atoms with van der Waals surface area (Å²) in [5.41, 5.74) is 2.15. The predicted octanol–water partition coefficient (Wildman–Crippen LogP) is 0.457. The van der Waals surface area contributed by atoms with Crippen molar-refractivity contribution in [2.24, 2.45) is 0 Å². The van der Waals surface area contributed by atoms with Crippen LogP contribution in [-0.2, 0) is 30.8 Å². The third-order valence-corrected chi connectivity index (χ3v) is 7.34. The molecule has 158 valence electrons. The summed E-state index contributed by atoms with van der Waals surface area (Å²) in [5.74, 6) is -2.64. The number of carbonyl (C=O) groups is 3. The lowest BCUT2D eigenvalue weighted by Crippen LogP contribution is -2.60. The van der Waals surface area contributed by atoms with E-state index in [9.17, 15) is 22.8 Å². The zero-order valence-corrected chi connectivity index (χ0v) is 16.8. The number of ether oxygens (including phenoxy) is 1. The van der Waals surface area contributed by atoms with Gasteiger partial charge in [-0.25, -0.2) is 13.9 Å². The molecule has 30 heavy (non-hydrogen) atoms. The van der Waals surface area contributed by atoms with Crippen molar-refractivity contribution >= 4 is 27.6 Å². The Labute approximate surface area is 172 Å². The lowest BCUT2D eigenvalue weighted by molar-refractivity contribution is -0.151. The van der Waals surface area contributed by atoms with Gasteiger partial charge in [-0.05, 0) is 42.0 Å². The Balaban J connectivity index is 1.89. The fourth-order valence-corrected chi connectivity index (χ4v) is 4.95. The molecule has 0 saturated carbocycles. The number of nitrogens with zero attached hydrogens (tertiary/aromatic N) is 2. The normalized spacial score (nSPS) is 16.3. The van der Waals surface area contributed by atoms with Crippen molar-refractivity contribution in [3.63, 3.8) is 0 Å². The molecular formula is C19H19N3O7S. The Kier molecular flexibility index (Phi) is 5.85. The molecule has 0 bridgehead atoms. The number of rotatable bonds is 6. The minimum Gasteiger partial charge on any atom is -0.489 e. The first-order valence-corrected chi connectivity index (χ1v) is 10.3. The van der Waals surface area contributed by atoms with Gasteiger partial charge in [0.15, 0.2) is 14.6 Å². The second-order valence-electron chi connectivity index (χ2n) is 6.75. The Hall–Kier alpha value is -3.31. The largest absolute Gasteiger partial charge is 0.489 e. The first-order valence-electron chi connectivity index (χ1n) is 8.81. The zero-order chi connectivity index (χ0) is 21.9. The molecule has 0 radical (unpaired) electrons. The van der Waals surface area contributed by atoms with Crippen LogP contribution in [0.4, 0.5) is 0 Å². The summed E-state index contributed by atoms with van der Waals surface area (Å²) in [7, 11) is -3.31. The molecule has 0 aliphatic carbocycles. The second-order valence-corrected chi connectivity index (χ2v) is 9.01. The molecule has 3 amide bonds. The standard InChI is InChI=1S/C19H19N3O7S/c1-22-16(23)10-19(11-17(22)24,18(25)21-26)30(27,28)15-4-2-14(3-5-15)29-12-13-6-8-20-9-7-13/h2-9,26H,10-12H2,1H3,(H,21,25). The number of nitrogens with one attached hydrogen (secondary N) is 1. The minimum atomic E-state index is -4.51. The molecule has 2 N–H and O–H groups in total. The molecule has 0 atom stereocenters. The van der Waals surface area contributed by atoms with E-state index in [4.69, 9.17) is 9.94 Å². The number of likely N-dealkylation sites (tertiary alicyclic amines) is 1. The Morgan fingerprint density at radius 1 is 1.13 bits per heavy atom. The molecule has 1 aliphatic heterocycles. The van der Waals surface area contributed by atoms with Crippen molar-refractivity contribution in [3.05, 3.63) is 54.4 Å². The number of carbonyl (C=O) groups excluding carboxylic acids is 3. The fraction of sp³-hybridized carbons (Fsp3) is 0.263. The Morgan fingerprint density at radius 2 is 1.70 bits per heavy atom. The van der Waals surface area contributed by atoms with Crippen LogP contribution < -0.4 is 10.2 Å². The summed E-state index contributed by atoms with van der Waals surface area (Å²) in [4.78, 5) is 41.0. The Bertz CT molecular complexity index is 1050. The van der Waals surface area contributed by atoms with Crippen molar-refractivity contribution in [3.8, 4) is 5.75 Å². The summed E-state index contributed by atoms with van der Waals surface area (Å²) >= 11 is 0. The summed E-state index contributed by atoms with van der Waals surface area (Å²) in [6.45, 7) is 0.237. The average molecular weight is 433 g/mol. The van der Waals surface area contributed by atoms with Crippen LogP contribution in [0.1, 0.15) is 18.4 Å². The molecule has 10 nitrogen and oxygen atoms in total. The highest BCUT2D eigenvalue weighted by Crippen LogP contribution is 2.37.